The Kier molecular flexibility index (Phi) is 5.85. The van der Waals surface area contributed by atoms with Gasteiger partial charge in [-0.25, -0.2) is 13.8 Å². The highest BCUT2D eigenvalue weighted by atomic mass is 19.4. The number of carbonyl (C=O) groups excluding carboxylic acids is 2. The average Bonchev–Trinajstić information content (AvgIpc) is 3.16. The van der Waals surface area contributed by atoms with Crippen molar-refractivity contribution in [3.63, 3.8) is 0 Å². The van der Waals surface area contributed by atoms with E-state index >= 15 is 0 Å². The van der Waals surface area contributed by atoms with E-state index in [1.54, 1.807) is 12.2 Å². The molecule has 1 aromatic heterocycles. The summed E-state index contributed by atoms with van der Waals surface area (Å²) in [6, 6.07) is 1.80. The Morgan fingerprint density at radius 2 is 1.91 bits per heavy atom. The van der Waals surface area contributed by atoms with Crippen molar-refractivity contribution in [3.8, 4) is 0 Å². The number of nitrogens with one attached hydrogen (secondary N) is 3. The summed E-state index contributed by atoms with van der Waals surface area (Å²) < 4.78 is 67.9. The summed E-state index contributed by atoms with van der Waals surface area (Å²) in [6.07, 6.45) is 0.575. The van der Waals surface area contributed by atoms with E-state index in [0.717, 1.165) is 0 Å². The number of allylic oxidation sites excluding steroid dienone is 3. The van der Waals surface area contributed by atoms with E-state index in [4.69, 9.17) is 0 Å². The average molecular weight is 470 g/mol. The third-order valence-corrected chi connectivity index (χ3v) is 5.62. The van der Waals surface area contributed by atoms with Crippen molar-refractivity contribution < 1.29 is 36.5 Å². The van der Waals surface area contributed by atoms with Gasteiger partial charge in [0.15, 0.2) is 12.4 Å². The molecule has 2 amide bonds. The molecule has 176 valence electrons. The first-order valence-electron chi connectivity index (χ1n) is 10.2. The molecule has 1 saturated heterocycles. The molecular weight excluding hydrogens is 449 g/mol. The fourth-order valence-corrected chi connectivity index (χ4v) is 3.89. The van der Waals surface area contributed by atoms with Crippen molar-refractivity contribution >= 4 is 11.8 Å². The standard InChI is InChI=1S/C21H20F5N5O2/c22-20(23)7-11-30(12-8-20)19(33)17-28-15(14-6-2-4-10-31(14)17)18(32)29-16(21(24,25)26)13-5-1-3-9-27-13/h1-6,9-10,16-17,28H,7-8,11-12H2,(H,29,32)/p+1. The Labute approximate surface area is 185 Å². The fourth-order valence-electron chi connectivity index (χ4n) is 3.89. The van der Waals surface area contributed by atoms with Crippen LogP contribution in [0.25, 0.3) is 0 Å². The van der Waals surface area contributed by atoms with E-state index < -0.39 is 49.0 Å². The van der Waals surface area contributed by atoms with Crippen molar-refractivity contribution in [2.24, 2.45) is 0 Å². The maximum atomic E-state index is 13.7. The first kappa shape index (κ1) is 22.7. The second kappa shape index (κ2) is 8.49. The molecule has 0 aliphatic carbocycles. The third-order valence-electron chi connectivity index (χ3n) is 5.62. The Morgan fingerprint density at radius 3 is 2.55 bits per heavy atom. The number of carbonyl (C=O) groups is 2. The Bertz CT molecular complexity index is 1010. The molecular formula is C21H21F5N5O2+. The van der Waals surface area contributed by atoms with Crippen LogP contribution >= 0.6 is 0 Å². The van der Waals surface area contributed by atoms with Crippen LogP contribution in [0.2, 0.25) is 0 Å². The molecule has 12 heteroatoms. The zero-order chi connectivity index (χ0) is 23.8. The van der Waals surface area contributed by atoms with Crippen LogP contribution < -0.4 is 15.6 Å². The first-order chi connectivity index (χ1) is 15.6. The van der Waals surface area contributed by atoms with Crippen molar-refractivity contribution in [3.05, 3.63) is 65.9 Å². The van der Waals surface area contributed by atoms with Gasteiger partial charge in [0.2, 0.25) is 11.7 Å². The Balaban J connectivity index is 1.55. The summed E-state index contributed by atoms with van der Waals surface area (Å²) in [6.45, 7) is -0.317. The second-order valence-corrected chi connectivity index (χ2v) is 7.86. The molecule has 0 saturated carbocycles. The summed E-state index contributed by atoms with van der Waals surface area (Å²) in [5, 5.41) is 4.67. The third kappa shape index (κ3) is 4.69. The molecule has 4 rings (SSSR count). The molecule has 1 fully saturated rings. The summed E-state index contributed by atoms with van der Waals surface area (Å²) in [4.78, 5) is 31.1. The van der Waals surface area contributed by atoms with Crippen molar-refractivity contribution in [2.45, 2.75) is 37.1 Å². The van der Waals surface area contributed by atoms with Crippen LogP contribution in [-0.2, 0) is 9.59 Å². The highest BCUT2D eigenvalue weighted by molar-refractivity contribution is 5.97. The van der Waals surface area contributed by atoms with Gasteiger partial charge in [-0.1, -0.05) is 12.1 Å². The molecule has 4 heterocycles. The van der Waals surface area contributed by atoms with Gasteiger partial charge >= 0.3 is 6.18 Å². The zero-order valence-electron chi connectivity index (χ0n) is 17.2. The van der Waals surface area contributed by atoms with Crippen LogP contribution in [0.3, 0.4) is 0 Å². The molecule has 2 unspecified atom stereocenters. The number of piperidine rings is 1. The Morgan fingerprint density at radius 1 is 1.18 bits per heavy atom. The van der Waals surface area contributed by atoms with E-state index in [1.165, 1.54) is 46.5 Å². The number of pyridine rings is 1. The summed E-state index contributed by atoms with van der Waals surface area (Å²) in [5.74, 6) is -4.45. The van der Waals surface area contributed by atoms with Gasteiger partial charge in [-0.2, -0.15) is 13.2 Å². The van der Waals surface area contributed by atoms with Crippen LogP contribution in [0.4, 0.5) is 22.0 Å². The topological polar surface area (TPSA) is 78.8 Å². The van der Waals surface area contributed by atoms with Gasteiger partial charge < -0.3 is 20.4 Å². The van der Waals surface area contributed by atoms with E-state index in [0.29, 0.717) is 0 Å². The molecule has 3 aliphatic rings. The lowest BCUT2D eigenvalue weighted by Crippen LogP contribution is -2.54. The number of fused-ring (bicyclic) bond motifs is 1. The minimum absolute atomic E-state index is 0.158. The lowest BCUT2D eigenvalue weighted by molar-refractivity contribution is -0.401. The van der Waals surface area contributed by atoms with E-state index in [2.05, 4.69) is 10.3 Å². The van der Waals surface area contributed by atoms with Gasteiger partial charge in [0.05, 0.1) is 5.70 Å². The van der Waals surface area contributed by atoms with Crippen LogP contribution in [0.15, 0.2) is 60.2 Å². The lowest BCUT2D eigenvalue weighted by atomic mass is 10.1. The molecule has 33 heavy (non-hydrogen) atoms. The second-order valence-electron chi connectivity index (χ2n) is 7.86. The normalized spacial score (nSPS) is 22.6. The van der Waals surface area contributed by atoms with Crippen molar-refractivity contribution in [2.75, 3.05) is 13.1 Å². The van der Waals surface area contributed by atoms with Gasteiger partial charge in [-0.3, -0.25) is 9.59 Å². The maximum absolute atomic E-state index is 13.7. The number of aromatic nitrogens is 1. The maximum Gasteiger partial charge on any atom is 0.418 e. The van der Waals surface area contributed by atoms with E-state index in [9.17, 15) is 31.5 Å². The molecule has 0 bridgehead atoms. The number of aromatic amines is 1. The number of halogens is 5. The molecule has 7 nitrogen and oxygen atoms in total. The summed E-state index contributed by atoms with van der Waals surface area (Å²) in [5.41, 5.74) is -0.283. The molecule has 0 aromatic carbocycles. The molecule has 1 aromatic rings. The molecule has 0 spiro atoms. The SMILES string of the molecule is O=C(NC(c1cccc[nH+]1)C(F)(F)F)C1=C2C=CC=CN2C(C(=O)N2CCC(F)(F)CC2)N1. The lowest BCUT2D eigenvalue weighted by Gasteiger charge is -2.35. The van der Waals surface area contributed by atoms with E-state index in [1.807, 2.05) is 5.32 Å². The minimum atomic E-state index is -4.78. The van der Waals surface area contributed by atoms with Crippen LogP contribution in [-0.4, -0.2) is 53.0 Å². The molecule has 3 N–H and O–H groups in total. The number of amides is 2. The molecule has 2 atom stereocenters. The fraction of sp³-hybridized carbons (Fsp3) is 0.381. The monoisotopic (exact) mass is 470 g/mol. The van der Waals surface area contributed by atoms with Gasteiger partial charge in [-0.15, -0.1) is 0 Å². The number of H-pyrrole nitrogens is 1. The first-order valence-corrected chi connectivity index (χ1v) is 10.2. The van der Waals surface area contributed by atoms with Gasteiger partial charge in [0.25, 0.3) is 17.7 Å². The zero-order valence-corrected chi connectivity index (χ0v) is 17.2. The summed E-state index contributed by atoms with van der Waals surface area (Å²) >= 11 is 0. The van der Waals surface area contributed by atoms with Crippen molar-refractivity contribution in [1.82, 2.24) is 20.4 Å². The largest absolute Gasteiger partial charge is 0.418 e. The smallest absolute Gasteiger partial charge is 0.351 e. The Hall–Kier alpha value is -3.44. The molecule has 0 radical (unpaired) electrons. The van der Waals surface area contributed by atoms with Gasteiger partial charge in [0, 0.05) is 44.3 Å². The summed E-state index contributed by atoms with van der Waals surface area (Å²) in [7, 11) is 0. The number of alkyl halides is 5. The number of likely N-dealkylation sites (tertiary alicyclic amines) is 1. The minimum Gasteiger partial charge on any atom is -0.351 e. The molecule has 3 aliphatic heterocycles. The highest BCUT2D eigenvalue weighted by Gasteiger charge is 2.48. The van der Waals surface area contributed by atoms with Crippen LogP contribution in [0.5, 0.6) is 0 Å². The van der Waals surface area contributed by atoms with Crippen molar-refractivity contribution in [1.29, 1.82) is 0 Å². The number of hydrogen-bond acceptors (Lipinski definition) is 4. The number of rotatable bonds is 4. The van der Waals surface area contributed by atoms with Gasteiger partial charge in [0.1, 0.15) is 5.70 Å². The predicted molar refractivity (Wildman–Crippen MR) is 105 cm³/mol. The predicted octanol–water partition coefficient (Wildman–Crippen LogP) is 2.00. The van der Waals surface area contributed by atoms with Gasteiger partial charge in [-0.05, 0) is 12.2 Å². The number of nitrogens with zero attached hydrogens (tertiary/aromatic N) is 2. The number of hydrogen-bond donors (Lipinski definition) is 2. The van der Waals surface area contributed by atoms with E-state index in [-0.39, 0.29) is 30.2 Å². The quantitative estimate of drug-likeness (QED) is 0.660. The van der Waals surface area contributed by atoms with Crippen LogP contribution in [0.1, 0.15) is 24.6 Å². The highest BCUT2D eigenvalue weighted by Crippen LogP contribution is 2.33. The van der Waals surface area contributed by atoms with Crippen LogP contribution in [0, 0.1) is 0 Å².